The zero-order chi connectivity index (χ0) is 13.9. The Morgan fingerprint density at radius 3 is 2.42 bits per heavy atom. The minimum absolute atomic E-state index is 0.175. The Hall–Kier alpha value is -0.810. The molecule has 2 aliphatic heterocycles. The second-order valence-corrected chi connectivity index (χ2v) is 6.55. The van der Waals surface area contributed by atoms with Crippen LogP contribution in [0.25, 0.3) is 0 Å². The van der Waals surface area contributed by atoms with Crippen LogP contribution >= 0.6 is 0 Å². The fourth-order valence-corrected chi connectivity index (χ4v) is 2.33. The average Bonchev–Trinajstić information content (AvgIpc) is 2.25. The highest BCUT2D eigenvalue weighted by atomic mass is 16.6. The first-order chi connectivity index (χ1) is 8.94. The van der Waals surface area contributed by atoms with Gasteiger partial charge in [0.25, 0.3) is 0 Å². The summed E-state index contributed by atoms with van der Waals surface area (Å²) in [4.78, 5) is 13.7. The van der Waals surface area contributed by atoms with Gasteiger partial charge in [0.2, 0.25) is 0 Å². The maximum absolute atomic E-state index is 11.9. The van der Waals surface area contributed by atoms with E-state index >= 15 is 0 Å². The summed E-state index contributed by atoms with van der Waals surface area (Å²) in [6.45, 7) is 10.1. The van der Waals surface area contributed by atoms with Gasteiger partial charge in [0.15, 0.2) is 0 Å². The van der Waals surface area contributed by atoms with Crippen LogP contribution in [0.1, 0.15) is 33.6 Å². The lowest BCUT2D eigenvalue weighted by atomic mass is 9.96. The van der Waals surface area contributed by atoms with E-state index in [9.17, 15) is 4.79 Å². The number of hydrogen-bond donors (Lipinski definition) is 1. The van der Waals surface area contributed by atoms with E-state index in [0.717, 1.165) is 45.7 Å². The largest absolute Gasteiger partial charge is 0.444 e. The number of rotatable bonds is 3. The summed E-state index contributed by atoms with van der Waals surface area (Å²) < 4.78 is 10.5. The highest BCUT2D eigenvalue weighted by Crippen LogP contribution is 2.19. The molecule has 0 aromatic rings. The lowest BCUT2D eigenvalue weighted by molar-refractivity contribution is -0.00845. The van der Waals surface area contributed by atoms with Crippen LogP contribution < -0.4 is 5.32 Å². The number of likely N-dealkylation sites (tertiary alicyclic amines) is 1. The molecule has 5 nitrogen and oxygen atoms in total. The summed E-state index contributed by atoms with van der Waals surface area (Å²) in [5.41, 5.74) is -0.403. The summed E-state index contributed by atoms with van der Waals surface area (Å²) in [7, 11) is 0. The van der Waals surface area contributed by atoms with Crippen LogP contribution in [0, 0.1) is 5.92 Å². The molecule has 0 spiro atoms. The molecule has 0 aromatic carbocycles. The maximum Gasteiger partial charge on any atom is 0.410 e. The zero-order valence-electron chi connectivity index (χ0n) is 12.3. The van der Waals surface area contributed by atoms with E-state index in [1.54, 1.807) is 0 Å². The van der Waals surface area contributed by atoms with Crippen molar-refractivity contribution in [1.82, 2.24) is 10.2 Å². The fourth-order valence-electron chi connectivity index (χ4n) is 2.33. The molecule has 5 heteroatoms. The Bertz CT molecular complexity index is 302. The van der Waals surface area contributed by atoms with Crippen LogP contribution in [0.5, 0.6) is 0 Å². The van der Waals surface area contributed by atoms with E-state index in [1.807, 2.05) is 25.7 Å². The lowest BCUT2D eigenvalue weighted by Crippen LogP contribution is -2.49. The minimum atomic E-state index is -0.403. The Morgan fingerprint density at radius 1 is 1.32 bits per heavy atom. The molecule has 0 aromatic heterocycles. The Morgan fingerprint density at radius 2 is 1.95 bits per heavy atom. The van der Waals surface area contributed by atoms with E-state index in [2.05, 4.69) is 5.32 Å². The van der Waals surface area contributed by atoms with E-state index in [4.69, 9.17) is 9.47 Å². The monoisotopic (exact) mass is 270 g/mol. The van der Waals surface area contributed by atoms with Crippen LogP contribution in [0.15, 0.2) is 0 Å². The van der Waals surface area contributed by atoms with E-state index < -0.39 is 5.60 Å². The van der Waals surface area contributed by atoms with Crippen LogP contribution in [-0.2, 0) is 9.47 Å². The van der Waals surface area contributed by atoms with Gasteiger partial charge in [-0.25, -0.2) is 4.79 Å². The van der Waals surface area contributed by atoms with Crippen molar-refractivity contribution in [3.63, 3.8) is 0 Å². The van der Waals surface area contributed by atoms with Crippen LogP contribution in [0.2, 0.25) is 0 Å². The molecule has 0 bridgehead atoms. The molecule has 110 valence electrons. The van der Waals surface area contributed by atoms with Gasteiger partial charge in [0.05, 0.1) is 19.3 Å². The summed E-state index contributed by atoms with van der Waals surface area (Å²) in [6.07, 6.45) is 1.94. The first kappa shape index (κ1) is 14.6. The SMILES string of the molecule is CC(C)(C)OC(=O)N1CCC(CNC2COC2)CC1. The third-order valence-corrected chi connectivity index (χ3v) is 3.60. The van der Waals surface area contributed by atoms with Gasteiger partial charge in [0, 0.05) is 13.1 Å². The molecule has 19 heavy (non-hydrogen) atoms. The standard InChI is InChI=1S/C14H26N2O3/c1-14(2,3)19-13(17)16-6-4-11(5-7-16)8-15-12-9-18-10-12/h11-12,15H,4-10H2,1-3H3. The number of amides is 1. The molecule has 0 atom stereocenters. The number of carbonyl (C=O) groups excluding carboxylic acids is 1. The number of nitrogens with zero attached hydrogens (tertiary/aromatic N) is 1. The quantitative estimate of drug-likeness (QED) is 0.846. The molecule has 2 heterocycles. The molecule has 1 amide bonds. The highest BCUT2D eigenvalue weighted by Gasteiger charge is 2.27. The first-order valence-corrected chi connectivity index (χ1v) is 7.23. The van der Waals surface area contributed by atoms with Crippen molar-refractivity contribution in [1.29, 1.82) is 0 Å². The number of ether oxygens (including phenoxy) is 2. The molecule has 0 aliphatic carbocycles. The number of carbonyl (C=O) groups is 1. The second-order valence-electron chi connectivity index (χ2n) is 6.55. The van der Waals surface area contributed by atoms with E-state index in [0.29, 0.717) is 12.0 Å². The number of nitrogens with one attached hydrogen (secondary N) is 1. The van der Waals surface area contributed by atoms with Crippen molar-refractivity contribution < 1.29 is 14.3 Å². The predicted molar refractivity (Wildman–Crippen MR) is 73.1 cm³/mol. The van der Waals surface area contributed by atoms with Gasteiger partial charge in [-0.05, 0) is 46.1 Å². The van der Waals surface area contributed by atoms with E-state index in [1.165, 1.54) is 0 Å². The summed E-state index contributed by atoms with van der Waals surface area (Å²) >= 11 is 0. The highest BCUT2D eigenvalue weighted by molar-refractivity contribution is 5.68. The third-order valence-electron chi connectivity index (χ3n) is 3.60. The van der Waals surface area contributed by atoms with Gasteiger partial charge in [0.1, 0.15) is 5.60 Å². The Labute approximate surface area is 115 Å². The predicted octanol–water partition coefficient (Wildman–Crippen LogP) is 1.62. The van der Waals surface area contributed by atoms with Crippen molar-refractivity contribution in [3.8, 4) is 0 Å². The summed E-state index contributed by atoms with van der Waals surface area (Å²) in [5, 5.41) is 3.51. The molecular weight excluding hydrogens is 244 g/mol. The molecule has 2 saturated heterocycles. The second kappa shape index (κ2) is 6.09. The summed E-state index contributed by atoms with van der Waals surface area (Å²) in [6, 6.07) is 0.545. The van der Waals surface area contributed by atoms with Crippen LogP contribution in [0.3, 0.4) is 0 Å². The summed E-state index contributed by atoms with van der Waals surface area (Å²) in [5.74, 6) is 0.666. The van der Waals surface area contributed by atoms with Crippen molar-refractivity contribution in [2.24, 2.45) is 5.92 Å². The van der Waals surface area contributed by atoms with Gasteiger partial charge >= 0.3 is 6.09 Å². The Balaban J connectivity index is 1.65. The fraction of sp³-hybridized carbons (Fsp3) is 0.929. The smallest absolute Gasteiger partial charge is 0.410 e. The number of piperidine rings is 1. The molecule has 2 fully saturated rings. The molecule has 0 unspecified atom stereocenters. The first-order valence-electron chi connectivity index (χ1n) is 7.23. The van der Waals surface area contributed by atoms with Crippen molar-refractivity contribution in [2.45, 2.75) is 45.3 Å². The third kappa shape index (κ3) is 4.66. The molecular formula is C14H26N2O3. The van der Waals surface area contributed by atoms with Gasteiger partial charge in [-0.2, -0.15) is 0 Å². The van der Waals surface area contributed by atoms with Crippen LogP contribution in [0.4, 0.5) is 4.79 Å². The molecule has 1 N–H and O–H groups in total. The van der Waals surface area contributed by atoms with Crippen molar-refractivity contribution in [3.05, 3.63) is 0 Å². The molecule has 2 aliphatic rings. The van der Waals surface area contributed by atoms with E-state index in [-0.39, 0.29) is 6.09 Å². The zero-order valence-corrected chi connectivity index (χ0v) is 12.3. The van der Waals surface area contributed by atoms with Crippen LogP contribution in [-0.4, -0.2) is 55.5 Å². The maximum atomic E-state index is 11.9. The van der Waals surface area contributed by atoms with Crippen molar-refractivity contribution >= 4 is 6.09 Å². The minimum Gasteiger partial charge on any atom is -0.444 e. The Kier molecular flexibility index (Phi) is 4.68. The average molecular weight is 270 g/mol. The van der Waals surface area contributed by atoms with Gasteiger partial charge < -0.3 is 19.7 Å². The topological polar surface area (TPSA) is 50.8 Å². The molecule has 0 radical (unpaired) electrons. The lowest BCUT2D eigenvalue weighted by Gasteiger charge is -2.35. The van der Waals surface area contributed by atoms with Crippen molar-refractivity contribution in [2.75, 3.05) is 32.8 Å². The number of hydrogen-bond acceptors (Lipinski definition) is 4. The normalized spacial score (nSPS) is 22.2. The molecule has 0 saturated carbocycles. The van der Waals surface area contributed by atoms with Gasteiger partial charge in [-0.1, -0.05) is 0 Å². The van der Waals surface area contributed by atoms with Gasteiger partial charge in [-0.15, -0.1) is 0 Å². The van der Waals surface area contributed by atoms with Gasteiger partial charge in [-0.3, -0.25) is 0 Å². The molecule has 2 rings (SSSR count).